The van der Waals surface area contributed by atoms with E-state index < -0.39 is 0 Å². The number of nitrogens with two attached hydrogens (primary N) is 1. The van der Waals surface area contributed by atoms with Crippen LogP contribution in [0.4, 0.5) is 0 Å². The van der Waals surface area contributed by atoms with Crippen molar-refractivity contribution < 1.29 is 9.84 Å². The van der Waals surface area contributed by atoms with E-state index >= 15 is 0 Å². The fourth-order valence-corrected chi connectivity index (χ4v) is 1.15. The molecule has 1 aromatic rings. The molecular weight excluding hydrogens is 178 g/mol. The van der Waals surface area contributed by atoms with Crippen molar-refractivity contribution in [3.8, 4) is 11.5 Å². The molecule has 0 spiro atoms. The number of phenolic OH excluding ortho intramolecular Hbond substituents is 1. The van der Waals surface area contributed by atoms with Gasteiger partial charge in [-0.1, -0.05) is 12.2 Å². The molecule has 0 saturated heterocycles. The Bertz CT molecular complexity index is 321. The van der Waals surface area contributed by atoms with Crippen molar-refractivity contribution in [2.24, 2.45) is 5.73 Å². The van der Waals surface area contributed by atoms with Crippen molar-refractivity contribution in [3.63, 3.8) is 0 Å². The molecule has 3 heteroatoms. The zero-order valence-corrected chi connectivity index (χ0v) is 8.23. The molecule has 0 aliphatic carbocycles. The van der Waals surface area contributed by atoms with Crippen molar-refractivity contribution in [2.45, 2.75) is 6.92 Å². The van der Waals surface area contributed by atoms with Gasteiger partial charge in [-0.2, -0.15) is 0 Å². The van der Waals surface area contributed by atoms with Crippen molar-refractivity contribution >= 4 is 6.08 Å². The Balaban J connectivity index is 2.90. The quantitative estimate of drug-likeness (QED) is 0.766. The van der Waals surface area contributed by atoms with Gasteiger partial charge in [0.25, 0.3) is 0 Å². The molecule has 0 aliphatic heterocycles. The molecular formula is C11H15NO2. The summed E-state index contributed by atoms with van der Waals surface area (Å²) in [6.07, 6.45) is 3.77. The maximum atomic E-state index is 9.28. The highest BCUT2D eigenvalue weighted by Gasteiger charge is 2.01. The Hall–Kier alpha value is -1.48. The number of hydrogen-bond acceptors (Lipinski definition) is 3. The number of allylic oxidation sites excluding steroid dienone is 1. The summed E-state index contributed by atoms with van der Waals surface area (Å²) in [7, 11) is 0. The second kappa shape index (κ2) is 5.29. The first kappa shape index (κ1) is 10.6. The van der Waals surface area contributed by atoms with E-state index in [9.17, 15) is 5.11 Å². The normalized spacial score (nSPS) is 10.7. The van der Waals surface area contributed by atoms with Crippen molar-refractivity contribution in [2.75, 3.05) is 13.2 Å². The Kier molecular flexibility index (Phi) is 4.01. The van der Waals surface area contributed by atoms with E-state index in [1.54, 1.807) is 18.2 Å². The van der Waals surface area contributed by atoms with Crippen LogP contribution in [0.25, 0.3) is 6.08 Å². The summed E-state index contributed by atoms with van der Waals surface area (Å²) in [6.45, 7) is 2.88. The highest BCUT2D eigenvalue weighted by atomic mass is 16.5. The molecule has 1 rings (SSSR count). The molecule has 1 aromatic carbocycles. The maximum absolute atomic E-state index is 9.28. The molecule has 76 valence electrons. The number of hydrogen-bond donors (Lipinski definition) is 2. The Morgan fingerprint density at radius 1 is 1.50 bits per heavy atom. The van der Waals surface area contributed by atoms with Crippen LogP contribution in [0.1, 0.15) is 12.5 Å². The van der Waals surface area contributed by atoms with Gasteiger partial charge in [-0.3, -0.25) is 0 Å². The van der Waals surface area contributed by atoms with Gasteiger partial charge in [-0.05, 0) is 25.1 Å². The number of ether oxygens (including phenoxy) is 1. The van der Waals surface area contributed by atoms with E-state index in [1.165, 1.54) is 0 Å². The lowest BCUT2D eigenvalue weighted by Crippen LogP contribution is -2.11. The van der Waals surface area contributed by atoms with Crippen LogP contribution in [-0.2, 0) is 0 Å². The molecule has 0 aliphatic rings. The third kappa shape index (κ3) is 2.78. The molecule has 0 fully saturated rings. The average Bonchev–Trinajstić information content (AvgIpc) is 2.17. The molecule has 3 nitrogen and oxygen atoms in total. The van der Waals surface area contributed by atoms with Crippen molar-refractivity contribution in [3.05, 3.63) is 29.8 Å². The maximum Gasteiger partial charge on any atom is 0.126 e. The Morgan fingerprint density at radius 2 is 2.29 bits per heavy atom. The number of benzene rings is 1. The molecule has 0 atom stereocenters. The van der Waals surface area contributed by atoms with Gasteiger partial charge >= 0.3 is 0 Å². The van der Waals surface area contributed by atoms with Crippen molar-refractivity contribution in [1.82, 2.24) is 0 Å². The predicted octanol–water partition coefficient (Wildman–Crippen LogP) is 1.76. The third-order valence-electron chi connectivity index (χ3n) is 1.72. The first-order valence-corrected chi connectivity index (χ1v) is 4.56. The molecule has 0 unspecified atom stereocenters. The zero-order chi connectivity index (χ0) is 10.4. The number of rotatable bonds is 4. The average molecular weight is 193 g/mol. The van der Waals surface area contributed by atoms with E-state index in [0.29, 0.717) is 13.2 Å². The minimum absolute atomic E-state index is 0.234. The molecule has 0 saturated carbocycles. The van der Waals surface area contributed by atoms with Gasteiger partial charge < -0.3 is 15.6 Å². The van der Waals surface area contributed by atoms with Crippen LogP contribution in [0, 0.1) is 0 Å². The summed E-state index contributed by atoms with van der Waals surface area (Å²) >= 11 is 0. The SMILES string of the molecule is CC=Cc1cc(O)ccc1OCCN. The molecule has 0 radical (unpaired) electrons. The molecule has 14 heavy (non-hydrogen) atoms. The lowest BCUT2D eigenvalue weighted by Gasteiger charge is -2.08. The highest BCUT2D eigenvalue weighted by molar-refractivity contribution is 5.59. The summed E-state index contributed by atoms with van der Waals surface area (Å²) in [5.74, 6) is 0.976. The monoisotopic (exact) mass is 193 g/mol. The van der Waals surface area contributed by atoms with Crippen LogP contribution in [0.3, 0.4) is 0 Å². The van der Waals surface area contributed by atoms with E-state index in [-0.39, 0.29) is 5.75 Å². The van der Waals surface area contributed by atoms with E-state index in [4.69, 9.17) is 10.5 Å². The predicted molar refractivity (Wildman–Crippen MR) is 57.4 cm³/mol. The van der Waals surface area contributed by atoms with E-state index in [1.807, 2.05) is 19.1 Å². The third-order valence-corrected chi connectivity index (χ3v) is 1.72. The van der Waals surface area contributed by atoms with Crippen LogP contribution in [-0.4, -0.2) is 18.3 Å². The molecule has 0 aromatic heterocycles. The first-order valence-electron chi connectivity index (χ1n) is 4.56. The van der Waals surface area contributed by atoms with Crippen LogP contribution < -0.4 is 10.5 Å². The topological polar surface area (TPSA) is 55.5 Å². The van der Waals surface area contributed by atoms with Gasteiger partial charge in [0.15, 0.2) is 0 Å². The van der Waals surface area contributed by atoms with Gasteiger partial charge in [0, 0.05) is 12.1 Å². The molecule has 0 amide bonds. The fourth-order valence-electron chi connectivity index (χ4n) is 1.15. The smallest absolute Gasteiger partial charge is 0.126 e. The molecule has 0 heterocycles. The van der Waals surface area contributed by atoms with Gasteiger partial charge in [0.1, 0.15) is 18.1 Å². The molecule has 0 bridgehead atoms. The highest BCUT2D eigenvalue weighted by Crippen LogP contribution is 2.24. The van der Waals surface area contributed by atoms with Gasteiger partial charge in [0.2, 0.25) is 0 Å². The largest absolute Gasteiger partial charge is 0.508 e. The number of phenols is 1. The van der Waals surface area contributed by atoms with Crippen LogP contribution in [0.15, 0.2) is 24.3 Å². The Morgan fingerprint density at radius 3 is 2.93 bits per heavy atom. The van der Waals surface area contributed by atoms with Crippen LogP contribution in [0.5, 0.6) is 11.5 Å². The van der Waals surface area contributed by atoms with Gasteiger partial charge in [-0.15, -0.1) is 0 Å². The van der Waals surface area contributed by atoms with E-state index in [2.05, 4.69) is 0 Å². The summed E-state index contributed by atoms with van der Waals surface area (Å²) < 4.78 is 5.41. The standard InChI is InChI=1S/C11H15NO2/c1-2-3-9-8-10(13)4-5-11(9)14-7-6-12/h2-5,8,13H,6-7,12H2,1H3. The molecule has 3 N–H and O–H groups in total. The summed E-state index contributed by atoms with van der Waals surface area (Å²) in [6, 6.07) is 4.99. The summed E-state index contributed by atoms with van der Waals surface area (Å²) in [5.41, 5.74) is 6.20. The van der Waals surface area contributed by atoms with Gasteiger partial charge in [-0.25, -0.2) is 0 Å². The van der Waals surface area contributed by atoms with Gasteiger partial charge in [0.05, 0.1) is 0 Å². The summed E-state index contributed by atoms with van der Waals surface area (Å²) in [5, 5.41) is 9.28. The van der Waals surface area contributed by atoms with Crippen molar-refractivity contribution in [1.29, 1.82) is 0 Å². The summed E-state index contributed by atoms with van der Waals surface area (Å²) in [4.78, 5) is 0. The first-order chi connectivity index (χ1) is 6.77. The minimum atomic E-state index is 0.234. The minimum Gasteiger partial charge on any atom is -0.508 e. The zero-order valence-electron chi connectivity index (χ0n) is 8.23. The number of aromatic hydroxyl groups is 1. The Labute approximate surface area is 83.8 Å². The second-order valence-corrected chi connectivity index (χ2v) is 2.86. The fraction of sp³-hybridized carbons (Fsp3) is 0.273. The lowest BCUT2D eigenvalue weighted by atomic mass is 10.2. The second-order valence-electron chi connectivity index (χ2n) is 2.86. The van der Waals surface area contributed by atoms with Crippen LogP contribution >= 0.6 is 0 Å². The van der Waals surface area contributed by atoms with Crippen LogP contribution in [0.2, 0.25) is 0 Å². The van der Waals surface area contributed by atoms with E-state index in [0.717, 1.165) is 11.3 Å². The lowest BCUT2D eigenvalue weighted by molar-refractivity contribution is 0.327.